The van der Waals surface area contributed by atoms with Crippen molar-refractivity contribution in [2.75, 3.05) is 6.54 Å². The van der Waals surface area contributed by atoms with Gasteiger partial charge in [0, 0.05) is 42.4 Å². The van der Waals surface area contributed by atoms with Crippen LogP contribution in [0.2, 0.25) is 10.0 Å². The maximum atomic E-state index is 6.20. The zero-order chi connectivity index (χ0) is 14.7. The van der Waals surface area contributed by atoms with Crippen molar-refractivity contribution in [2.24, 2.45) is 0 Å². The summed E-state index contributed by atoms with van der Waals surface area (Å²) >= 11 is 12.3. The van der Waals surface area contributed by atoms with Gasteiger partial charge in [-0.3, -0.25) is 4.98 Å². The van der Waals surface area contributed by atoms with Crippen molar-refractivity contribution in [3.05, 3.63) is 64.5 Å². The van der Waals surface area contributed by atoms with E-state index < -0.39 is 0 Å². The van der Waals surface area contributed by atoms with Gasteiger partial charge in [0.1, 0.15) is 0 Å². The second-order valence-electron chi connectivity index (χ2n) is 4.83. The quantitative estimate of drug-likeness (QED) is 0.716. The molecule has 21 heavy (non-hydrogen) atoms. The SMILES string of the molecule is Clc1cc(Cl)c2ccn(CCNCc3ccccn3)c2c1. The summed E-state index contributed by atoms with van der Waals surface area (Å²) in [6.07, 6.45) is 3.84. The van der Waals surface area contributed by atoms with Gasteiger partial charge in [-0.1, -0.05) is 29.3 Å². The Labute approximate surface area is 133 Å². The lowest BCUT2D eigenvalue weighted by atomic mass is 10.2. The molecule has 0 atom stereocenters. The van der Waals surface area contributed by atoms with Crippen molar-refractivity contribution in [2.45, 2.75) is 13.1 Å². The summed E-state index contributed by atoms with van der Waals surface area (Å²) < 4.78 is 2.15. The molecule has 108 valence electrons. The molecule has 2 aromatic heterocycles. The first-order valence-corrected chi connectivity index (χ1v) is 7.54. The molecular formula is C16H15Cl2N3. The Morgan fingerprint density at radius 3 is 2.86 bits per heavy atom. The molecule has 1 aromatic carbocycles. The van der Waals surface area contributed by atoms with Crippen LogP contribution < -0.4 is 5.32 Å². The van der Waals surface area contributed by atoms with E-state index in [1.54, 1.807) is 12.3 Å². The molecule has 5 heteroatoms. The summed E-state index contributed by atoms with van der Waals surface area (Å²) in [4.78, 5) is 4.28. The van der Waals surface area contributed by atoms with Crippen LogP contribution in [0.15, 0.2) is 48.8 Å². The van der Waals surface area contributed by atoms with E-state index >= 15 is 0 Å². The van der Waals surface area contributed by atoms with Crippen LogP contribution >= 0.6 is 23.2 Å². The Morgan fingerprint density at radius 2 is 2.05 bits per heavy atom. The Kier molecular flexibility index (Phi) is 4.44. The number of hydrogen-bond acceptors (Lipinski definition) is 2. The van der Waals surface area contributed by atoms with Crippen molar-refractivity contribution in [3.63, 3.8) is 0 Å². The number of halogens is 2. The van der Waals surface area contributed by atoms with E-state index in [2.05, 4.69) is 14.9 Å². The summed E-state index contributed by atoms with van der Waals surface area (Å²) in [5.74, 6) is 0. The van der Waals surface area contributed by atoms with Gasteiger partial charge in [-0.25, -0.2) is 0 Å². The predicted octanol–water partition coefficient (Wildman–Crippen LogP) is 4.13. The lowest BCUT2D eigenvalue weighted by Crippen LogP contribution is -2.19. The molecule has 0 aliphatic carbocycles. The second-order valence-corrected chi connectivity index (χ2v) is 5.67. The van der Waals surface area contributed by atoms with E-state index in [9.17, 15) is 0 Å². The lowest BCUT2D eigenvalue weighted by molar-refractivity contribution is 0.603. The number of aromatic nitrogens is 2. The summed E-state index contributed by atoms with van der Waals surface area (Å²) in [5, 5.41) is 5.77. The molecule has 0 spiro atoms. The number of nitrogens with one attached hydrogen (secondary N) is 1. The Bertz CT molecular complexity index is 738. The van der Waals surface area contributed by atoms with Crippen molar-refractivity contribution in [1.29, 1.82) is 0 Å². The third-order valence-corrected chi connectivity index (χ3v) is 3.90. The summed E-state index contributed by atoms with van der Waals surface area (Å²) in [5.41, 5.74) is 2.10. The van der Waals surface area contributed by atoms with Gasteiger partial charge in [0.15, 0.2) is 0 Å². The first-order chi connectivity index (χ1) is 10.2. The highest BCUT2D eigenvalue weighted by molar-refractivity contribution is 6.38. The maximum Gasteiger partial charge on any atom is 0.0541 e. The van der Waals surface area contributed by atoms with Gasteiger partial charge in [-0.2, -0.15) is 0 Å². The van der Waals surface area contributed by atoms with Crippen molar-refractivity contribution >= 4 is 34.1 Å². The monoisotopic (exact) mass is 319 g/mol. The highest BCUT2D eigenvalue weighted by Gasteiger charge is 2.06. The average Bonchev–Trinajstić information content (AvgIpc) is 2.88. The molecule has 0 radical (unpaired) electrons. The number of fused-ring (bicyclic) bond motifs is 1. The van der Waals surface area contributed by atoms with Crippen LogP contribution in [0.4, 0.5) is 0 Å². The minimum atomic E-state index is 0.661. The van der Waals surface area contributed by atoms with Gasteiger partial charge in [0.25, 0.3) is 0 Å². The molecule has 0 fully saturated rings. The van der Waals surface area contributed by atoms with Crippen molar-refractivity contribution < 1.29 is 0 Å². The Balaban J connectivity index is 1.63. The molecule has 0 saturated heterocycles. The van der Waals surface area contributed by atoms with Gasteiger partial charge in [-0.05, 0) is 30.3 Å². The Hall–Kier alpha value is -1.55. The van der Waals surface area contributed by atoms with Crippen molar-refractivity contribution in [3.8, 4) is 0 Å². The predicted molar refractivity (Wildman–Crippen MR) is 87.9 cm³/mol. The van der Waals surface area contributed by atoms with Crippen molar-refractivity contribution in [1.82, 2.24) is 14.9 Å². The first-order valence-electron chi connectivity index (χ1n) is 6.78. The number of pyridine rings is 1. The highest BCUT2D eigenvalue weighted by atomic mass is 35.5. The fourth-order valence-electron chi connectivity index (χ4n) is 2.33. The average molecular weight is 320 g/mol. The van der Waals surface area contributed by atoms with E-state index in [1.807, 2.05) is 36.5 Å². The first kappa shape index (κ1) is 14.4. The number of benzene rings is 1. The van der Waals surface area contributed by atoms with Crippen LogP contribution in [-0.4, -0.2) is 16.1 Å². The zero-order valence-corrected chi connectivity index (χ0v) is 12.9. The van der Waals surface area contributed by atoms with E-state index in [1.165, 1.54) is 0 Å². The molecule has 1 N–H and O–H groups in total. The van der Waals surface area contributed by atoms with Crippen LogP contribution in [-0.2, 0) is 13.1 Å². The fraction of sp³-hybridized carbons (Fsp3) is 0.188. The standard InChI is InChI=1S/C16H15Cl2N3/c17-12-9-15(18)14-4-7-21(16(14)10-12)8-6-19-11-13-3-1-2-5-20-13/h1-5,7,9-10,19H,6,8,11H2. The number of nitrogens with zero attached hydrogens (tertiary/aromatic N) is 2. The normalized spacial score (nSPS) is 11.1. The van der Waals surface area contributed by atoms with Gasteiger partial charge in [0.2, 0.25) is 0 Å². The lowest BCUT2D eigenvalue weighted by Gasteiger charge is -2.08. The molecule has 0 aliphatic heterocycles. The largest absolute Gasteiger partial charge is 0.346 e. The van der Waals surface area contributed by atoms with Gasteiger partial charge >= 0.3 is 0 Å². The fourth-order valence-corrected chi connectivity index (χ4v) is 2.88. The zero-order valence-electron chi connectivity index (χ0n) is 11.4. The minimum Gasteiger partial charge on any atom is -0.346 e. The molecule has 0 aliphatic rings. The molecule has 0 saturated carbocycles. The van der Waals surface area contributed by atoms with E-state index in [0.717, 1.165) is 36.2 Å². The molecule has 3 aromatic rings. The molecule has 3 nitrogen and oxygen atoms in total. The number of rotatable bonds is 5. The molecule has 0 bridgehead atoms. The van der Waals surface area contributed by atoms with Crippen LogP contribution in [0.25, 0.3) is 10.9 Å². The summed E-state index contributed by atoms with van der Waals surface area (Å²) in [6, 6.07) is 11.7. The molecule has 0 unspecified atom stereocenters. The van der Waals surface area contributed by atoms with Gasteiger partial charge in [0.05, 0.1) is 16.2 Å². The molecular weight excluding hydrogens is 305 g/mol. The Morgan fingerprint density at radius 1 is 1.14 bits per heavy atom. The van der Waals surface area contributed by atoms with E-state index in [4.69, 9.17) is 23.2 Å². The third-order valence-electron chi connectivity index (χ3n) is 3.36. The smallest absolute Gasteiger partial charge is 0.0541 e. The molecule has 3 rings (SSSR count). The third kappa shape index (κ3) is 3.38. The highest BCUT2D eigenvalue weighted by Crippen LogP contribution is 2.28. The van der Waals surface area contributed by atoms with Crippen LogP contribution in [0, 0.1) is 0 Å². The topological polar surface area (TPSA) is 29.9 Å². The van der Waals surface area contributed by atoms with Crippen LogP contribution in [0.1, 0.15) is 5.69 Å². The van der Waals surface area contributed by atoms with E-state index in [0.29, 0.717) is 10.0 Å². The van der Waals surface area contributed by atoms with Crippen LogP contribution in [0.5, 0.6) is 0 Å². The minimum absolute atomic E-state index is 0.661. The summed E-state index contributed by atoms with van der Waals surface area (Å²) in [6.45, 7) is 2.47. The molecule has 2 heterocycles. The van der Waals surface area contributed by atoms with Gasteiger partial charge < -0.3 is 9.88 Å². The molecule has 0 amide bonds. The summed E-state index contributed by atoms with van der Waals surface area (Å²) in [7, 11) is 0. The maximum absolute atomic E-state index is 6.20. The number of hydrogen-bond donors (Lipinski definition) is 1. The van der Waals surface area contributed by atoms with Crippen LogP contribution in [0.3, 0.4) is 0 Å². The second kappa shape index (κ2) is 6.48. The van der Waals surface area contributed by atoms with Gasteiger partial charge in [-0.15, -0.1) is 0 Å². The van der Waals surface area contributed by atoms with E-state index in [-0.39, 0.29) is 0 Å².